The fourth-order valence-corrected chi connectivity index (χ4v) is 4.24. The third-order valence-electron chi connectivity index (χ3n) is 5.01. The number of alkyl halides is 3. The lowest BCUT2D eigenvalue weighted by Crippen LogP contribution is -2.08. The quantitative estimate of drug-likeness (QED) is 0.341. The number of aryl methyl sites for hydroxylation is 3. The zero-order valence-corrected chi connectivity index (χ0v) is 18.5. The van der Waals surface area contributed by atoms with E-state index in [1.807, 2.05) is 31.2 Å². The van der Waals surface area contributed by atoms with E-state index in [0.717, 1.165) is 71.2 Å². The molecule has 32 heavy (non-hydrogen) atoms. The van der Waals surface area contributed by atoms with E-state index >= 15 is 0 Å². The predicted molar refractivity (Wildman–Crippen MR) is 121 cm³/mol. The Kier molecular flexibility index (Phi) is 6.36. The van der Waals surface area contributed by atoms with Gasteiger partial charge in [-0.25, -0.2) is 15.0 Å². The van der Waals surface area contributed by atoms with Gasteiger partial charge in [0.1, 0.15) is 16.5 Å². The van der Waals surface area contributed by atoms with Gasteiger partial charge in [0.05, 0.1) is 23.5 Å². The predicted octanol–water partition coefficient (Wildman–Crippen LogP) is 6.08. The van der Waals surface area contributed by atoms with Gasteiger partial charge in [-0.1, -0.05) is 31.2 Å². The number of hydrogen-bond acceptors (Lipinski definition) is 6. The van der Waals surface area contributed by atoms with Crippen LogP contribution in [0.5, 0.6) is 0 Å². The number of hydrogen-bond donors (Lipinski definition) is 1. The molecule has 3 aromatic heterocycles. The van der Waals surface area contributed by atoms with Gasteiger partial charge >= 0.3 is 6.18 Å². The molecule has 166 valence electrons. The molecule has 0 bridgehead atoms. The minimum Gasteiger partial charge on any atom is -0.369 e. The van der Waals surface area contributed by atoms with Crippen molar-refractivity contribution in [2.24, 2.45) is 0 Å². The fraction of sp³-hybridized carbons (Fsp3) is 0.304. The van der Waals surface area contributed by atoms with Crippen molar-refractivity contribution in [3.63, 3.8) is 0 Å². The third kappa shape index (κ3) is 5.04. The fourth-order valence-electron chi connectivity index (χ4n) is 3.34. The van der Waals surface area contributed by atoms with Crippen LogP contribution in [-0.2, 0) is 19.0 Å². The SMILES string of the molecule is CCc1nc(NCCCc2ccc(-c3cnc(C(F)(F)F)cn3)cc2)c2cc(C)sc2n1. The van der Waals surface area contributed by atoms with Crippen LogP contribution in [0.25, 0.3) is 21.5 Å². The molecule has 0 saturated carbocycles. The maximum atomic E-state index is 12.6. The van der Waals surface area contributed by atoms with Crippen LogP contribution in [0.15, 0.2) is 42.7 Å². The molecule has 0 unspecified atom stereocenters. The minimum atomic E-state index is -4.48. The van der Waals surface area contributed by atoms with Crippen LogP contribution in [0.3, 0.4) is 0 Å². The summed E-state index contributed by atoms with van der Waals surface area (Å²) in [6.45, 7) is 4.89. The highest BCUT2D eigenvalue weighted by molar-refractivity contribution is 7.18. The van der Waals surface area contributed by atoms with Crippen molar-refractivity contribution < 1.29 is 13.2 Å². The monoisotopic (exact) mass is 457 g/mol. The Hall–Kier alpha value is -3.07. The average molecular weight is 458 g/mol. The van der Waals surface area contributed by atoms with Crippen molar-refractivity contribution in [3.05, 3.63) is 64.7 Å². The van der Waals surface area contributed by atoms with Crippen LogP contribution in [0.2, 0.25) is 0 Å². The summed E-state index contributed by atoms with van der Waals surface area (Å²) < 4.78 is 37.9. The first-order chi connectivity index (χ1) is 15.3. The summed E-state index contributed by atoms with van der Waals surface area (Å²) in [7, 11) is 0. The van der Waals surface area contributed by atoms with Gasteiger partial charge in [0.2, 0.25) is 0 Å². The summed E-state index contributed by atoms with van der Waals surface area (Å²) >= 11 is 1.68. The highest BCUT2D eigenvalue weighted by Gasteiger charge is 2.32. The molecule has 0 saturated heterocycles. The highest BCUT2D eigenvalue weighted by atomic mass is 32.1. The van der Waals surface area contributed by atoms with Gasteiger partial charge in [-0.05, 0) is 31.4 Å². The summed E-state index contributed by atoms with van der Waals surface area (Å²) in [5.41, 5.74) is 1.30. The Labute approximate surface area is 187 Å². The average Bonchev–Trinajstić information content (AvgIpc) is 3.16. The Morgan fingerprint density at radius 1 is 1.03 bits per heavy atom. The molecule has 9 heteroatoms. The van der Waals surface area contributed by atoms with E-state index in [1.165, 1.54) is 4.88 Å². The smallest absolute Gasteiger partial charge is 0.369 e. The normalized spacial score (nSPS) is 11.8. The molecular weight excluding hydrogens is 435 g/mol. The zero-order chi connectivity index (χ0) is 22.7. The largest absolute Gasteiger partial charge is 0.434 e. The number of nitrogens with one attached hydrogen (secondary N) is 1. The first kappa shape index (κ1) is 22.1. The molecule has 1 aromatic carbocycles. The molecule has 0 aliphatic rings. The third-order valence-corrected chi connectivity index (χ3v) is 5.95. The lowest BCUT2D eigenvalue weighted by atomic mass is 10.1. The van der Waals surface area contributed by atoms with Crippen LogP contribution >= 0.6 is 11.3 Å². The standard InChI is InChI=1S/C23H22F3N5S/c1-3-20-30-21(17-11-14(2)32-22(17)31-20)27-10-4-5-15-6-8-16(9-7-15)18-12-29-19(13-28-18)23(24,25)26/h6-9,11-13H,3-5,10H2,1-2H3,(H,27,30,31). The molecule has 0 aliphatic carbocycles. The molecule has 0 amide bonds. The van der Waals surface area contributed by atoms with Crippen molar-refractivity contribution in [2.75, 3.05) is 11.9 Å². The summed E-state index contributed by atoms with van der Waals surface area (Å²) in [6.07, 6.45) is -0.00353. The Bertz CT molecular complexity index is 1200. The topological polar surface area (TPSA) is 63.6 Å². The van der Waals surface area contributed by atoms with Gasteiger partial charge in [-0.3, -0.25) is 4.98 Å². The number of halogens is 3. The van der Waals surface area contributed by atoms with Crippen molar-refractivity contribution in [1.82, 2.24) is 19.9 Å². The van der Waals surface area contributed by atoms with Crippen LogP contribution < -0.4 is 5.32 Å². The van der Waals surface area contributed by atoms with Crippen molar-refractivity contribution in [3.8, 4) is 11.3 Å². The molecule has 1 N–H and O–H groups in total. The van der Waals surface area contributed by atoms with Gasteiger partial charge in [0, 0.05) is 23.4 Å². The summed E-state index contributed by atoms with van der Waals surface area (Å²) in [5, 5.41) is 4.51. The molecule has 4 aromatic rings. The van der Waals surface area contributed by atoms with E-state index in [0.29, 0.717) is 5.69 Å². The Morgan fingerprint density at radius 3 is 2.47 bits per heavy atom. The molecule has 0 radical (unpaired) electrons. The van der Waals surface area contributed by atoms with Gasteiger partial charge in [0.15, 0.2) is 5.69 Å². The van der Waals surface area contributed by atoms with Gasteiger partial charge in [-0.2, -0.15) is 13.2 Å². The molecule has 0 fully saturated rings. The second-order valence-electron chi connectivity index (χ2n) is 7.43. The van der Waals surface area contributed by atoms with Gasteiger partial charge in [-0.15, -0.1) is 11.3 Å². The zero-order valence-electron chi connectivity index (χ0n) is 17.7. The molecule has 0 atom stereocenters. The van der Waals surface area contributed by atoms with E-state index in [2.05, 4.69) is 38.2 Å². The first-order valence-electron chi connectivity index (χ1n) is 10.3. The lowest BCUT2D eigenvalue weighted by molar-refractivity contribution is -0.141. The molecule has 3 heterocycles. The number of benzene rings is 1. The van der Waals surface area contributed by atoms with E-state index in [4.69, 9.17) is 0 Å². The second kappa shape index (κ2) is 9.20. The van der Waals surface area contributed by atoms with E-state index < -0.39 is 11.9 Å². The van der Waals surface area contributed by atoms with E-state index in [-0.39, 0.29) is 0 Å². The first-order valence-corrected chi connectivity index (χ1v) is 11.1. The Balaban J connectivity index is 1.35. The number of fused-ring (bicyclic) bond motifs is 1. The molecule has 0 spiro atoms. The minimum absolute atomic E-state index is 0.414. The molecule has 5 nitrogen and oxygen atoms in total. The lowest BCUT2D eigenvalue weighted by Gasteiger charge is -2.09. The van der Waals surface area contributed by atoms with Gasteiger partial charge in [0.25, 0.3) is 0 Å². The van der Waals surface area contributed by atoms with Crippen molar-refractivity contribution in [2.45, 2.75) is 39.3 Å². The van der Waals surface area contributed by atoms with Crippen LogP contribution in [0.4, 0.5) is 19.0 Å². The number of rotatable bonds is 7. The number of aromatic nitrogens is 4. The number of thiophene rings is 1. The maximum Gasteiger partial charge on any atom is 0.434 e. The highest BCUT2D eigenvalue weighted by Crippen LogP contribution is 2.29. The number of nitrogens with zero attached hydrogens (tertiary/aromatic N) is 4. The summed E-state index contributed by atoms with van der Waals surface area (Å²) in [6, 6.07) is 9.76. The summed E-state index contributed by atoms with van der Waals surface area (Å²) in [5.74, 6) is 1.72. The second-order valence-corrected chi connectivity index (χ2v) is 8.66. The van der Waals surface area contributed by atoms with Crippen LogP contribution in [-0.4, -0.2) is 26.5 Å². The summed E-state index contributed by atoms with van der Waals surface area (Å²) in [4.78, 5) is 18.8. The molecule has 4 rings (SSSR count). The van der Waals surface area contributed by atoms with Crippen molar-refractivity contribution >= 4 is 27.4 Å². The number of anilines is 1. The van der Waals surface area contributed by atoms with E-state index in [9.17, 15) is 13.2 Å². The van der Waals surface area contributed by atoms with Crippen LogP contribution in [0.1, 0.15) is 35.3 Å². The molecular formula is C23H22F3N5S. The van der Waals surface area contributed by atoms with E-state index in [1.54, 1.807) is 11.3 Å². The maximum absolute atomic E-state index is 12.6. The van der Waals surface area contributed by atoms with Crippen LogP contribution in [0, 0.1) is 6.92 Å². The van der Waals surface area contributed by atoms with Gasteiger partial charge < -0.3 is 5.32 Å². The van der Waals surface area contributed by atoms with Crippen molar-refractivity contribution in [1.29, 1.82) is 0 Å². The molecule has 0 aliphatic heterocycles. The Morgan fingerprint density at radius 2 is 1.81 bits per heavy atom.